The number of carboxylic acids is 1. The Morgan fingerprint density at radius 1 is 0.955 bits per heavy atom. The minimum Gasteiger partial charge on any atom is -0.480 e. The van der Waals surface area contributed by atoms with Crippen LogP contribution in [0.5, 0.6) is 0 Å². The number of hydrogen-bond donors (Lipinski definition) is 6. The van der Waals surface area contributed by atoms with Crippen LogP contribution in [0.2, 0.25) is 0 Å². The molecule has 4 rings (SSSR count). The molecule has 1 aliphatic heterocycles. The fourth-order valence-corrected chi connectivity index (χ4v) is 5.69. The van der Waals surface area contributed by atoms with Crippen molar-refractivity contribution in [2.75, 3.05) is 56.4 Å². The van der Waals surface area contributed by atoms with Gasteiger partial charge in [0.2, 0.25) is 17.7 Å². The fraction of sp³-hybridized carbons (Fsp3) is 0.733. The van der Waals surface area contributed by atoms with Crippen molar-refractivity contribution in [3.05, 3.63) is 23.5 Å². The van der Waals surface area contributed by atoms with Gasteiger partial charge in [0.1, 0.15) is 5.82 Å². The zero-order valence-corrected chi connectivity index (χ0v) is 26.1. The van der Waals surface area contributed by atoms with Crippen LogP contribution in [-0.4, -0.2) is 99.9 Å². The summed E-state index contributed by atoms with van der Waals surface area (Å²) < 4.78 is 5.43. The van der Waals surface area contributed by atoms with Gasteiger partial charge >= 0.3 is 5.97 Å². The number of anilines is 2. The van der Waals surface area contributed by atoms with Gasteiger partial charge in [-0.1, -0.05) is 24.4 Å². The minimum absolute atomic E-state index is 0.0417. The van der Waals surface area contributed by atoms with Gasteiger partial charge in [0.25, 0.3) is 0 Å². The van der Waals surface area contributed by atoms with Crippen LogP contribution < -0.4 is 26.6 Å². The second-order valence-electron chi connectivity index (χ2n) is 11.8. The van der Waals surface area contributed by atoms with Crippen molar-refractivity contribution < 1.29 is 19.2 Å². The molecular weight excluding hydrogens is 564 g/mol. The highest BCUT2D eigenvalue weighted by molar-refractivity contribution is 5.76. The minimum atomic E-state index is -0.927. The zero-order valence-electron chi connectivity index (χ0n) is 26.1. The second-order valence-corrected chi connectivity index (χ2v) is 11.8. The van der Waals surface area contributed by atoms with E-state index in [-0.39, 0.29) is 18.5 Å². The monoisotopic (exact) mass is 614 g/mol. The number of nitrogens with one attached hydrogen (secondary N) is 5. The molecule has 14 heteroatoms. The molecule has 0 atom stereocenters. The molecule has 0 spiro atoms. The van der Waals surface area contributed by atoms with Crippen LogP contribution in [0, 0.1) is 6.92 Å². The van der Waals surface area contributed by atoms with E-state index in [1.54, 1.807) is 0 Å². The number of likely N-dealkylation sites (tertiary alicyclic amines) is 1. The van der Waals surface area contributed by atoms with Crippen molar-refractivity contribution in [3.63, 3.8) is 0 Å². The molecule has 2 fully saturated rings. The standard InChI is InChI=1S/C30H50N10O4/c1-22-19-25(36-24-11-17-40(18-12-24)28(41)10-16-32-21-29(42)43)38-30(35-22)34-20-26-37-27(44-39-26)9-5-13-31-14-6-15-33-23-7-3-2-4-8-23/h19,23-24,31-33H,2-18,20-21H2,1H3,(H,42,43)(H2,34,35,36,38). The predicted octanol–water partition coefficient (Wildman–Crippen LogP) is 2.08. The van der Waals surface area contributed by atoms with E-state index >= 15 is 0 Å². The van der Waals surface area contributed by atoms with Gasteiger partial charge in [-0.25, -0.2) is 4.98 Å². The summed E-state index contributed by atoms with van der Waals surface area (Å²) >= 11 is 0. The van der Waals surface area contributed by atoms with Crippen molar-refractivity contribution in [2.24, 2.45) is 0 Å². The number of amides is 1. The number of carbonyl (C=O) groups excluding carboxylic acids is 1. The number of aryl methyl sites for hydroxylation is 2. The van der Waals surface area contributed by atoms with E-state index in [2.05, 4.69) is 46.7 Å². The molecular formula is C30H50N10O4. The van der Waals surface area contributed by atoms with Gasteiger partial charge in [0.05, 0.1) is 13.1 Å². The van der Waals surface area contributed by atoms with E-state index in [9.17, 15) is 9.59 Å². The number of aromatic nitrogens is 4. The summed E-state index contributed by atoms with van der Waals surface area (Å²) in [5.74, 6) is 1.54. The maximum absolute atomic E-state index is 12.4. The molecule has 0 unspecified atom stereocenters. The molecule has 0 aromatic carbocycles. The Morgan fingerprint density at radius 2 is 1.75 bits per heavy atom. The number of nitrogens with zero attached hydrogens (tertiary/aromatic N) is 5. The zero-order chi connectivity index (χ0) is 31.0. The third-order valence-corrected chi connectivity index (χ3v) is 8.07. The first-order valence-electron chi connectivity index (χ1n) is 16.3. The highest BCUT2D eigenvalue weighted by Gasteiger charge is 2.23. The van der Waals surface area contributed by atoms with E-state index in [0.717, 1.165) is 69.3 Å². The lowest BCUT2D eigenvalue weighted by Gasteiger charge is -2.32. The van der Waals surface area contributed by atoms with Gasteiger partial charge < -0.3 is 41.1 Å². The molecule has 0 radical (unpaired) electrons. The Hall–Kier alpha value is -3.36. The predicted molar refractivity (Wildman–Crippen MR) is 167 cm³/mol. The van der Waals surface area contributed by atoms with Gasteiger partial charge in [-0.15, -0.1) is 0 Å². The summed E-state index contributed by atoms with van der Waals surface area (Å²) in [7, 11) is 0. The molecule has 1 saturated heterocycles. The Bertz CT molecular complexity index is 1150. The summed E-state index contributed by atoms with van der Waals surface area (Å²) in [6.45, 7) is 6.83. The molecule has 2 aromatic rings. The molecule has 3 heterocycles. The molecule has 1 aliphatic carbocycles. The van der Waals surface area contributed by atoms with E-state index < -0.39 is 5.97 Å². The normalized spacial score (nSPS) is 16.2. The van der Waals surface area contributed by atoms with E-state index in [1.165, 1.54) is 32.1 Å². The average molecular weight is 615 g/mol. The first-order valence-corrected chi connectivity index (χ1v) is 16.3. The van der Waals surface area contributed by atoms with Gasteiger partial charge in [0.15, 0.2) is 5.82 Å². The first kappa shape index (κ1) is 33.5. The fourth-order valence-electron chi connectivity index (χ4n) is 5.69. The summed E-state index contributed by atoms with van der Waals surface area (Å²) in [6, 6.07) is 2.83. The van der Waals surface area contributed by atoms with Crippen LogP contribution in [0.1, 0.15) is 81.6 Å². The van der Waals surface area contributed by atoms with Gasteiger partial charge in [-0.3, -0.25) is 9.59 Å². The molecule has 44 heavy (non-hydrogen) atoms. The van der Waals surface area contributed by atoms with E-state index in [0.29, 0.717) is 50.3 Å². The lowest BCUT2D eigenvalue weighted by Crippen LogP contribution is -2.43. The summed E-state index contributed by atoms with van der Waals surface area (Å²) in [6.07, 6.45) is 11.5. The first-order chi connectivity index (χ1) is 21.4. The molecule has 1 amide bonds. The van der Waals surface area contributed by atoms with Crippen LogP contribution >= 0.6 is 0 Å². The van der Waals surface area contributed by atoms with E-state index in [4.69, 9.17) is 9.63 Å². The van der Waals surface area contributed by atoms with Crippen LogP contribution in [0.4, 0.5) is 11.8 Å². The summed E-state index contributed by atoms with van der Waals surface area (Å²) in [5.41, 5.74) is 0.831. The maximum Gasteiger partial charge on any atom is 0.317 e. The van der Waals surface area contributed by atoms with Crippen LogP contribution in [0.25, 0.3) is 0 Å². The number of aliphatic carboxylic acids is 1. The number of hydrogen-bond acceptors (Lipinski definition) is 12. The Labute approximate surface area is 259 Å². The molecule has 1 saturated carbocycles. The SMILES string of the molecule is Cc1cc(NC2CCN(C(=O)CCNCC(=O)O)CC2)nc(NCc2noc(CCCNCCCNC3CCCCC3)n2)n1. The Balaban J connectivity index is 1.09. The van der Waals surface area contributed by atoms with Gasteiger partial charge in [0, 0.05) is 56.3 Å². The lowest BCUT2D eigenvalue weighted by atomic mass is 9.95. The topological polar surface area (TPSA) is 182 Å². The number of carbonyl (C=O) groups is 2. The Kier molecular flexibility index (Phi) is 14.1. The molecule has 6 N–H and O–H groups in total. The number of piperidine rings is 1. The number of carboxylic acid groups (broad SMARTS) is 1. The molecule has 244 valence electrons. The van der Waals surface area contributed by atoms with Crippen molar-refractivity contribution in [1.29, 1.82) is 0 Å². The smallest absolute Gasteiger partial charge is 0.317 e. The van der Waals surface area contributed by atoms with E-state index in [1.807, 2.05) is 17.9 Å². The van der Waals surface area contributed by atoms with Crippen LogP contribution in [-0.2, 0) is 22.6 Å². The molecule has 2 aromatic heterocycles. The second kappa shape index (κ2) is 18.4. The largest absolute Gasteiger partial charge is 0.480 e. The lowest BCUT2D eigenvalue weighted by molar-refractivity contribution is -0.136. The quantitative estimate of drug-likeness (QED) is 0.127. The highest BCUT2D eigenvalue weighted by atomic mass is 16.5. The molecule has 0 bridgehead atoms. The van der Waals surface area contributed by atoms with Crippen molar-refractivity contribution in [3.8, 4) is 0 Å². The average Bonchev–Trinajstić information content (AvgIpc) is 3.48. The van der Waals surface area contributed by atoms with Crippen molar-refractivity contribution in [2.45, 2.75) is 96.2 Å². The number of rotatable bonds is 19. The van der Waals surface area contributed by atoms with Gasteiger partial charge in [-0.2, -0.15) is 9.97 Å². The third-order valence-electron chi connectivity index (χ3n) is 8.07. The highest BCUT2D eigenvalue weighted by Crippen LogP contribution is 2.19. The van der Waals surface area contributed by atoms with Crippen molar-refractivity contribution >= 4 is 23.6 Å². The molecule has 14 nitrogen and oxygen atoms in total. The van der Waals surface area contributed by atoms with Crippen molar-refractivity contribution in [1.82, 2.24) is 41.0 Å². The maximum atomic E-state index is 12.4. The molecule has 2 aliphatic rings. The van der Waals surface area contributed by atoms with Gasteiger partial charge in [-0.05, 0) is 65.1 Å². The summed E-state index contributed by atoms with van der Waals surface area (Å²) in [5, 5.41) is 29.4. The third kappa shape index (κ3) is 12.3. The van der Waals surface area contributed by atoms with Crippen LogP contribution in [0.15, 0.2) is 10.6 Å². The summed E-state index contributed by atoms with van der Waals surface area (Å²) in [4.78, 5) is 38.4. The van der Waals surface area contributed by atoms with Crippen LogP contribution in [0.3, 0.4) is 0 Å². The Morgan fingerprint density at radius 3 is 2.55 bits per heavy atom.